The number of amides is 1. The van der Waals surface area contributed by atoms with Gasteiger partial charge in [0.15, 0.2) is 6.61 Å². The van der Waals surface area contributed by atoms with Crippen LogP contribution in [0.5, 0.6) is 5.75 Å². The number of carbonyl (C=O) groups excluding carboxylic acids is 1. The van der Waals surface area contributed by atoms with Crippen LogP contribution in [-0.2, 0) is 4.79 Å². The molecule has 0 unspecified atom stereocenters. The van der Waals surface area contributed by atoms with Crippen LogP contribution < -0.4 is 10.1 Å². The van der Waals surface area contributed by atoms with Gasteiger partial charge in [-0.05, 0) is 37.3 Å². The SMILES string of the molecule is Cc1ccc2cccc(OCC(=O)Nc3ccc(Cl)cc3Cl)c2n1. The fraction of sp³-hybridized carbons (Fsp3) is 0.111. The topological polar surface area (TPSA) is 51.2 Å². The third-order valence-electron chi connectivity index (χ3n) is 3.39. The van der Waals surface area contributed by atoms with Crippen LogP contribution in [-0.4, -0.2) is 17.5 Å². The van der Waals surface area contributed by atoms with Crippen LogP contribution in [0.4, 0.5) is 5.69 Å². The van der Waals surface area contributed by atoms with E-state index < -0.39 is 0 Å². The van der Waals surface area contributed by atoms with Crippen LogP contribution in [0.1, 0.15) is 5.69 Å². The molecule has 0 atom stereocenters. The maximum absolute atomic E-state index is 12.1. The van der Waals surface area contributed by atoms with Crippen molar-refractivity contribution >= 4 is 45.7 Å². The van der Waals surface area contributed by atoms with E-state index in [-0.39, 0.29) is 12.5 Å². The molecule has 4 nitrogen and oxygen atoms in total. The first kappa shape index (κ1) is 16.6. The summed E-state index contributed by atoms with van der Waals surface area (Å²) in [7, 11) is 0. The number of anilines is 1. The van der Waals surface area contributed by atoms with Crippen molar-refractivity contribution in [3.05, 3.63) is 64.3 Å². The van der Waals surface area contributed by atoms with E-state index in [2.05, 4.69) is 10.3 Å². The fourth-order valence-electron chi connectivity index (χ4n) is 2.25. The zero-order chi connectivity index (χ0) is 17.1. The number of carbonyl (C=O) groups is 1. The Hall–Kier alpha value is -2.30. The number of pyridine rings is 1. The molecule has 122 valence electrons. The van der Waals surface area contributed by atoms with Gasteiger partial charge in [-0.2, -0.15) is 0 Å². The normalized spacial score (nSPS) is 10.6. The number of para-hydroxylation sites is 1. The van der Waals surface area contributed by atoms with Crippen LogP contribution in [0.2, 0.25) is 10.0 Å². The molecule has 2 aromatic carbocycles. The molecule has 0 saturated heterocycles. The number of benzene rings is 2. The molecule has 0 radical (unpaired) electrons. The number of aryl methyl sites for hydroxylation is 1. The van der Waals surface area contributed by atoms with E-state index in [0.717, 1.165) is 16.6 Å². The summed E-state index contributed by atoms with van der Waals surface area (Å²) in [5, 5.41) is 4.53. The number of hydrogen-bond donors (Lipinski definition) is 1. The second-order valence-corrected chi connectivity index (χ2v) is 6.09. The summed E-state index contributed by atoms with van der Waals surface area (Å²) in [6.45, 7) is 1.76. The summed E-state index contributed by atoms with van der Waals surface area (Å²) in [5.74, 6) is 0.248. The number of nitrogens with one attached hydrogen (secondary N) is 1. The lowest BCUT2D eigenvalue weighted by Gasteiger charge is -2.10. The summed E-state index contributed by atoms with van der Waals surface area (Å²) >= 11 is 11.9. The largest absolute Gasteiger partial charge is 0.481 e. The summed E-state index contributed by atoms with van der Waals surface area (Å²) < 4.78 is 5.63. The Balaban J connectivity index is 1.71. The van der Waals surface area contributed by atoms with E-state index in [4.69, 9.17) is 27.9 Å². The molecule has 0 saturated carbocycles. The quantitative estimate of drug-likeness (QED) is 0.722. The van der Waals surface area contributed by atoms with E-state index in [1.165, 1.54) is 0 Å². The van der Waals surface area contributed by atoms with Crippen LogP contribution >= 0.6 is 23.2 Å². The van der Waals surface area contributed by atoms with Crippen molar-refractivity contribution in [3.63, 3.8) is 0 Å². The Kier molecular flexibility index (Phi) is 4.88. The molecular weight excluding hydrogens is 347 g/mol. The highest BCUT2D eigenvalue weighted by atomic mass is 35.5. The number of aromatic nitrogens is 1. The number of fused-ring (bicyclic) bond motifs is 1. The average Bonchev–Trinajstić information content (AvgIpc) is 2.55. The van der Waals surface area contributed by atoms with Gasteiger partial charge >= 0.3 is 0 Å². The van der Waals surface area contributed by atoms with Gasteiger partial charge in [-0.25, -0.2) is 4.98 Å². The van der Waals surface area contributed by atoms with E-state index in [9.17, 15) is 4.79 Å². The lowest BCUT2D eigenvalue weighted by Crippen LogP contribution is -2.20. The first-order valence-corrected chi connectivity index (χ1v) is 8.02. The molecule has 3 rings (SSSR count). The lowest BCUT2D eigenvalue weighted by molar-refractivity contribution is -0.118. The number of halogens is 2. The van der Waals surface area contributed by atoms with Gasteiger partial charge < -0.3 is 10.1 Å². The maximum atomic E-state index is 12.1. The molecule has 0 fully saturated rings. The van der Waals surface area contributed by atoms with E-state index in [1.807, 2.05) is 31.2 Å². The van der Waals surface area contributed by atoms with Crippen molar-refractivity contribution in [2.75, 3.05) is 11.9 Å². The van der Waals surface area contributed by atoms with Crippen LogP contribution in [0, 0.1) is 6.92 Å². The van der Waals surface area contributed by atoms with Crippen LogP contribution in [0.15, 0.2) is 48.5 Å². The molecule has 6 heteroatoms. The van der Waals surface area contributed by atoms with Crippen LogP contribution in [0.25, 0.3) is 10.9 Å². The molecular formula is C18H14Cl2N2O2. The minimum atomic E-state index is -0.316. The van der Waals surface area contributed by atoms with Crippen molar-refractivity contribution in [1.82, 2.24) is 4.98 Å². The Bertz CT molecular complexity index is 913. The van der Waals surface area contributed by atoms with E-state index >= 15 is 0 Å². The Morgan fingerprint density at radius 2 is 2.00 bits per heavy atom. The molecule has 0 aliphatic heterocycles. The van der Waals surface area contributed by atoms with Crippen molar-refractivity contribution < 1.29 is 9.53 Å². The van der Waals surface area contributed by atoms with Crippen molar-refractivity contribution in [3.8, 4) is 5.75 Å². The Labute approximate surface area is 149 Å². The molecule has 1 aromatic heterocycles. The summed E-state index contributed by atoms with van der Waals surface area (Å²) in [5.41, 5.74) is 2.10. The fourth-order valence-corrected chi connectivity index (χ4v) is 2.71. The first-order chi connectivity index (χ1) is 11.5. The maximum Gasteiger partial charge on any atom is 0.262 e. The monoisotopic (exact) mass is 360 g/mol. The molecule has 3 aromatic rings. The highest BCUT2D eigenvalue weighted by molar-refractivity contribution is 6.36. The van der Waals surface area contributed by atoms with Gasteiger partial charge in [0.2, 0.25) is 0 Å². The summed E-state index contributed by atoms with van der Waals surface area (Å²) in [6, 6.07) is 14.4. The van der Waals surface area contributed by atoms with Crippen molar-refractivity contribution in [1.29, 1.82) is 0 Å². The minimum absolute atomic E-state index is 0.145. The molecule has 0 spiro atoms. The molecule has 0 aliphatic rings. The molecule has 1 N–H and O–H groups in total. The third-order valence-corrected chi connectivity index (χ3v) is 3.93. The van der Waals surface area contributed by atoms with Gasteiger partial charge in [0.25, 0.3) is 5.91 Å². The van der Waals surface area contributed by atoms with Gasteiger partial charge in [0.05, 0.1) is 10.7 Å². The van der Waals surface area contributed by atoms with Crippen molar-refractivity contribution in [2.45, 2.75) is 6.92 Å². The molecule has 1 heterocycles. The minimum Gasteiger partial charge on any atom is -0.481 e. The van der Waals surface area contributed by atoms with Gasteiger partial charge in [-0.15, -0.1) is 0 Å². The zero-order valence-corrected chi connectivity index (χ0v) is 14.4. The Morgan fingerprint density at radius 1 is 1.17 bits per heavy atom. The van der Waals surface area contributed by atoms with Crippen molar-refractivity contribution in [2.24, 2.45) is 0 Å². The van der Waals surface area contributed by atoms with Gasteiger partial charge in [0.1, 0.15) is 11.3 Å². The molecule has 24 heavy (non-hydrogen) atoms. The lowest BCUT2D eigenvalue weighted by atomic mass is 10.2. The predicted octanol–water partition coefficient (Wildman–Crippen LogP) is 4.87. The number of rotatable bonds is 4. The predicted molar refractivity (Wildman–Crippen MR) is 97.1 cm³/mol. The molecule has 1 amide bonds. The van der Waals surface area contributed by atoms with Gasteiger partial charge in [-0.3, -0.25) is 4.79 Å². The highest BCUT2D eigenvalue weighted by Gasteiger charge is 2.09. The van der Waals surface area contributed by atoms with Crippen LogP contribution in [0.3, 0.4) is 0 Å². The second-order valence-electron chi connectivity index (χ2n) is 5.24. The summed E-state index contributed by atoms with van der Waals surface area (Å²) in [6.07, 6.45) is 0. The Morgan fingerprint density at radius 3 is 2.79 bits per heavy atom. The number of nitrogens with zero attached hydrogens (tertiary/aromatic N) is 1. The third kappa shape index (κ3) is 3.78. The standard InChI is InChI=1S/C18H14Cl2N2O2/c1-11-5-6-12-3-2-4-16(18(12)21-11)24-10-17(23)22-15-8-7-13(19)9-14(15)20/h2-9H,10H2,1H3,(H,22,23). The van der Waals surface area contributed by atoms with Gasteiger partial charge in [0, 0.05) is 16.1 Å². The van der Waals surface area contributed by atoms with E-state index in [1.54, 1.807) is 24.3 Å². The molecule has 0 bridgehead atoms. The van der Waals surface area contributed by atoms with Gasteiger partial charge in [-0.1, -0.05) is 41.4 Å². The number of hydrogen-bond acceptors (Lipinski definition) is 3. The smallest absolute Gasteiger partial charge is 0.262 e. The zero-order valence-electron chi connectivity index (χ0n) is 12.8. The first-order valence-electron chi connectivity index (χ1n) is 7.27. The number of ether oxygens (including phenoxy) is 1. The second kappa shape index (κ2) is 7.07. The molecule has 0 aliphatic carbocycles. The summed E-state index contributed by atoms with van der Waals surface area (Å²) in [4.78, 5) is 16.5. The average molecular weight is 361 g/mol. The van der Waals surface area contributed by atoms with E-state index in [0.29, 0.717) is 21.5 Å². The highest BCUT2D eigenvalue weighted by Crippen LogP contribution is 2.26.